The van der Waals surface area contributed by atoms with Crippen molar-refractivity contribution >= 4 is 34.2 Å². The van der Waals surface area contributed by atoms with Crippen LogP contribution in [-0.4, -0.2) is 46.9 Å². The molecule has 0 saturated carbocycles. The highest BCUT2D eigenvalue weighted by atomic mass is 32.2. The van der Waals surface area contributed by atoms with Crippen LogP contribution in [0.2, 0.25) is 0 Å². The number of carbonyl (C=O) groups is 1. The predicted molar refractivity (Wildman–Crippen MR) is 112 cm³/mol. The zero-order chi connectivity index (χ0) is 19.1. The van der Waals surface area contributed by atoms with Crippen LogP contribution in [0.15, 0.2) is 47.8 Å². The molecule has 0 spiro atoms. The van der Waals surface area contributed by atoms with E-state index in [1.54, 1.807) is 11.8 Å². The number of hydrogen-bond acceptors (Lipinski definition) is 5. The Morgan fingerprint density at radius 1 is 1.18 bits per heavy atom. The molecule has 28 heavy (non-hydrogen) atoms. The molecule has 2 aromatic heterocycles. The Morgan fingerprint density at radius 2 is 2.04 bits per heavy atom. The zero-order valence-corrected chi connectivity index (χ0v) is 16.8. The number of fused-ring (bicyclic) bond motifs is 1. The standard InChI is InChI=1S/C21H24N5OS/c1-24-9-4-5-16(14-24)26-12-8-17-19(21(26)27)23-20(28-17)15-6-7-18(22-13-15)25-10-2-3-11-25/h4-7,9,13-14,17,19H,2-3,8,10-12H2,1H3/q+1. The SMILES string of the molecule is C[n+]1cccc(N2CCC3SC(c4ccc(N5CCCC5)nc4)=NC3C2=O)c1. The Labute approximate surface area is 169 Å². The molecule has 0 aliphatic carbocycles. The number of thioether (sulfide) groups is 1. The smallest absolute Gasteiger partial charge is 0.253 e. The number of hydrogen-bond donors (Lipinski definition) is 0. The molecule has 3 aliphatic heterocycles. The van der Waals surface area contributed by atoms with Gasteiger partial charge in [0.15, 0.2) is 12.4 Å². The minimum Gasteiger partial charge on any atom is -0.357 e. The number of nitrogens with zero attached hydrogens (tertiary/aromatic N) is 5. The lowest BCUT2D eigenvalue weighted by atomic mass is 10.0. The Kier molecular flexibility index (Phi) is 4.55. The highest BCUT2D eigenvalue weighted by Crippen LogP contribution is 2.37. The molecule has 3 aliphatic rings. The van der Waals surface area contributed by atoms with Crippen LogP contribution in [0, 0.1) is 0 Å². The fourth-order valence-corrected chi connectivity index (χ4v) is 5.43. The molecule has 0 aromatic carbocycles. The van der Waals surface area contributed by atoms with Crippen molar-refractivity contribution in [3.05, 3.63) is 48.4 Å². The van der Waals surface area contributed by atoms with Crippen LogP contribution in [0.1, 0.15) is 24.8 Å². The third kappa shape index (κ3) is 3.17. The number of aryl methyl sites for hydroxylation is 1. The van der Waals surface area contributed by atoms with Gasteiger partial charge in [0.1, 0.15) is 29.6 Å². The number of pyridine rings is 2. The van der Waals surface area contributed by atoms with Gasteiger partial charge in [-0.2, -0.15) is 0 Å². The van der Waals surface area contributed by atoms with Crippen LogP contribution in [0.4, 0.5) is 11.5 Å². The predicted octanol–water partition coefficient (Wildman–Crippen LogP) is 2.17. The third-order valence-electron chi connectivity index (χ3n) is 5.69. The van der Waals surface area contributed by atoms with Crippen molar-refractivity contribution in [1.82, 2.24) is 4.98 Å². The van der Waals surface area contributed by atoms with Gasteiger partial charge in [0.25, 0.3) is 5.91 Å². The molecule has 2 fully saturated rings. The van der Waals surface area contributed by atoms with Crippen molar-refractivity contribution < 1.29 is 9.36 Å². The molecule has 5 heterocycles. The number of aliphatic imine (C=N–C) groups is 1. The van der Waals surface area contributed by atoms with Gasteiger partial charge in [-0.05, 0) is 37.5 Å². The maximum absolute atomic E-state index is 13.1. The second-order valence-electron chi connectivity index (χ2n) is 7.64. The summed E-state index contributed by atoms with van der Waals surface area (Å²) in [7, 11) is 1.97. The first-order valence-corrected chi connectivity index (χ1v) is 10.8. The maximum atomic E-state index is 13.1. The average molecular weight is 395 g/mol. The van der Waals surface area contributed by atoms with Gasteiger partial charge in [0.05, 0.1) is 0 Å². The highest BCUT2D eigenvalue weighted by Gasteiger charge is 2.42. The molecular formula is C21H24N5OS+. The molecular weight excluding hydrogens is 370 g/mol. The lowest BCUT2D eigenvalue weighted by molar-refractivity contribution is -0.670. The first-order valence-electron chi connectivity index (χ1n) is 9.91. The summed E-state index contributed by atoms with van der Waals surface area (Å²) in [5, 5.41) is 1.18. The fourth-order valence-electron chi connectivity index (χ4n) is 4.18. The molecule has 2 atom stereocenters. The molecule has 1 amide bonds. The number of amides is 1. The summed E-state index contributed by atoms with van der Waals surface area (Å²) >= 11 is 1.73. The van der Waals surface area contributed by atoms with E-state index in [0.29, 0.717) is 0 Å². The molecule has 7 heteroatoms. The molecule has 0 bridgehead atoms. The quantitative estimate of drug-likeness (QED) is 0.749. The summed E-state index contributed by atoms with van der Waals surface area (Å²) in [5.41, 5.74) is 1.96. The van der Waals surface area contributed by atoms with Gasteiger partial charge in [-0.1, -0.05) is 11.8 Å². The van der Waals surface area contributed by atoms with Crippen molar-refractivity contribution in [2.24, 2.45) is 12.0 Å². The molecule has 2 saturated heterocycles. The summed E-state index contributed by atoms with van der Waals surface area (Å²) in [4.78, 5) is 26.8. The van der Waals surface area contributed by atoms with Crippen LogP contribution in [0.5, 0.6) is 0 Å². The van der Waals surface area contributed by atoms with Crippen molar-refractivity contribution in [2.75, 3.05) is 29.4 Å². The Hall–Kier alpha value is -2.41. The van der Waals surface area contributed by atoms with Gasteiger partial charge in [-0.15, -0.1) is 0 Å². The Bertz CT molecular complexity index is 923. The summed E-state index contributed by atoms with van der Waals surface area (Å²) in [5.74, 6) is 1.15. The van der Waals surface area contributed by atoms with Gasteiger partial charge < -0.3 is 9.80 Å². The second kappa shape index (κ2) is 7.20. The summed E-state index contributed by atoms with van der Waals surface area (Å²) < 4.78 is 1.97. The van der Waals surface area contributed by atoms with Crippen LogP contribution < -0.4 is 14.4 Å². The second-order valence-corrected chi connectivity index (χ2v) is 8.87. The number of rotatable bonds is 3. The lowest BCUT2D eigenvalue weighted by Gasteiger charge is -2.31. The third-order valence-corrected chi connectivity index (χ3v) is 7.05. The molecule has 2 aromatic rings. The van der Waals surface area contributed by atoms with E-state index in [0.717, 1.165) is 48.2 Å². The van der Waals surface area contributed by atoms with E-state index in [1.165, 1.54) is 12.8 Å². The highest BCUT2D eigenvalue weighted by molar-refractivity contribution is 8.15. The van der Waals surface area contributed by atoms with Gasteiger partial charge in [-0.25, -0.2) is 9.55 Å². The number of aromatic nitrogens is 2. The van der Waals surface area contributed by atoms with Gasteiger partial charge in [0, 0.05) is 42.7 Å². The van der Waals surface area contributed by atoms with Crippen molar-refractivity contribution in [3.63, 3.8) is 0 Å². The van der Waals surface area contributed by atoms with Gasteiger partial charge in [0.2, 0.25) is 0 Å². The maximum Gasteiger partial charge on any atom is 0.253 e. The topological polar surface area (TPSA) is 52.7 Å². The molecule has 6 nitrogen and oxygen atoms in total. The fraction of sp³-hybridized carbons (Fsp3) is 0.429. The van der Waals surface area contributed by atoms with Crippen LogP contribution >= 0.6 is 11.8 Å². The number of anilines is 2. The lowest BCUT2D eigenvalue weighted by Crippen LogP contribution is -2.49. The minimum atomic E-state index is -0.294. The molecule has 2 unspecified atom stereocenters. The van der Waals surface area contributed by atoms with Gasteiger partial charge >= 0.3 is 0 Å². The normalized spacial score (nSPS) is 24.5. The summed E-state index contributed by atoms with van der Waals surface area (Å²) in [6, 6.07) is 7.86. The average Bonchev–Trinajstić information content (AvgIpc) is 3.39. The van der Waals surface area contributed by atoms with Crippen molar-refractivity contribution in [1.29, 1.82) is 0 Å². The first-order chi connectivity index (χ1) is 13.7. The van der Waals surface area contributed by atoms with Crippen molar-refractivity contribution in [2.45, 2.75) is 30.6 Å². The van der Waals surface area contributed by atoms with E-state index < -0.39 is 0 Å². The monoisotopic (exact) mass is 394 g/mol. The molecule has 0 radical (unpaired) electrons. The molecule has 5 rings (SSSR count). The zero-order valence-electron chi connectivity index (χ0n) is 16.0. The van der Waals surface area contributed by atoms with E-state index in [1.807, 2.05) is 47.2 Å². The van der Waals surface area contributed by atoms with Crippen molar-refractivity contribution in [3.8, 4) is 0 Å². The van der Waals surface area contributed by atoms with E-state index in [4.69, 9.17) is 4.99 Å². The summed E-state index contributed by atoms with van der Waals surface area (Å²) in [6.07, 6.45) is 9.32. The van der Waals surface area contributed by atoms with Crippen LogP contribution in [0.25, 0.3) is 0 Å². The minimum absolute atomic E-state index is 0.103. The molecule has 0 N–H and O–H groups in total. The summed E-state index contributed by atoms with van der Waals surface area (Å²) in [6.45, 7) is 2.92. The van der Waals surface area contributed by atoms with E-state index >= 15 is 0 Å². The first kappa shape index (κ1) is 17.7. The Morgan fingerprint density at radius 3 is 2.79 bits per heavy atom. The van der Waals surface area contributed by atoms with E-state index in [9.17, 15) is 4.79 Å². The van der Waals surface area contributed by atoms with Crippen LogP contribution in [0.3, 0.4) is 0 Å². The van der Waals surface area contributed by atoms with E-state index in [-0.39, 0.29) is 17.2 Å². The van der Waals surface area contributed by atoms with E-state index in [2.05, 4.69) is 22.0 Å². The van der Waals surface area contributed by atoms with Crippen LogP contribution in [-0.2, 0) is 11.8 Å². The number of piperidine rings is 1. The largest absolute Gasteiger partial charge is 0.357 e. The molecule has 144 valence electrons. The van der Waals surface area contributed by atoms with Gasteiger partial charge in [-0.3, -0.25) is 9.79 Å². The Balaban J connectivity index is 1.35. The number of carbonyl (C=O) groups excluding carboxylic acids is 1.